The van der Waals surface area contributed by atoms with Gasteiger partial charge in [-0.05, 0) is 24.3 Å². The summed E-state index contributed by atoms with van der Waals surface area (Å²) in [6.45, 7) is 5.37. The van der Waals surface area contributed by atoms with Gasteiger partial charge >= 0.3 is 0 Å². The number of benzene rings is 2. The Hall–Kier alpha value is -2.86. The van der Waals surface area contributed by atoms with Gasteiger partial charge in [0.05, 0.1) is 30.0 Å². The zero-order valence-corrected chi connectivity index (χ0v) is 15.5. The van der Waals surface area contributed by atoms with Gasteiger partial charge in [-0.25, -0.2) is 4.98 Å². The number of methoxy groups -OCH3 is 1. The molecule has 27 heavy (non-hydrogen) atoms. The zero-order valence-electron chi connectivity index (χ0n) is 15.5. The first kappa shape index (κ1) is 17.5. The van der Waals surface area contributed by atoms with Crippen molar-refractivity contribution in [2.45, 2.75) is 6.54 Å². The highest BCUT2D eigenvalue weighted by Gasteiger charge is 2.19. The number of rotatable bonds is 5. The first-order valence-electron chi connectivity index (χ1n) is 9.31. The van der Waals surface area contributed by atoms with Crippen LogP contribution in [0.4, 0.5) is 5.69 Å². The summed E-state index contributed by atoms with van der Waals surface area (Å²) in [5.74, 6) is 0.917. The van der Waals surface area contributed by atoms with Gasteiger partial charge < -0.3 is 14.2 Å². The normalized spacial score (nSPS) is 15.2. The molecule has 0 unspecified atom stereocenters. The third-order valence-corrected chi connectivity index (χ3v) is 5.19. The van der Waals surface area contributed by atoms with Crippen LogP contribution in [0.1, 0.15) is 0 Å². The molecule has 0 bridgehead atoms. The summed E-state index contributed by atoms with van der Waals surface area (Å²) in [4.78, 5) is 21.3. The van der Waals surface area contributed by atoms with Crippen molar-refractivity contribution < 1.29 is 4.74 Å². The average molecular weight is 364 g/mol. The van der Waals surface area contributed by atoms with E-state index in [2.05, 4.69) is 20.9 Å². The van der Waals surface area contributed by atoms with Crippen LogP contribution in [0.25, 0.3) is 11.0 Å². The number of hydrogen-bond acceptors (Lipinski definition) is 5. The van der Waals surface area contributed by atoms with E-state index in [-0.39, 0.29) is 5.56 Å². The summed E-state index contributed by atoms with van der Waals surface area (Å²) in [5, 5.41) is 0. The lowest BCUT2D eigenvalue weighted by Gasteiger charge is -2.36. The molecule has 1 aliphatic rings. The number of fused-ring (bicyclic) bond motifs is 1. The standard InChI is InChI=1S/C21H24N4O2/c1-27-20-9-5-4-8-19(20)24-13-10-23(11-14-24)12-15-25-18-7-3-2-6-17(18)22-16-21(25)26/h2-9,16H,10-15H2,1H3. The van der Waals surface area contributed by atoms with Crippen LogP contribution in [-0.2, 0) is 6.54 Å². The van der Waals surface area contributed by atoms with Gasteiger partial charge in [0.1, 0.15) is 5.75 Å². The molecule has 140 valence electrons. The Bertz CT molecular complexity index is 977. The Labute approximate surface area is 158 Å². The van der Waals surface area contributed by atoms with E-state index < -0.39 is 0 Å². The van der Waals surface area contributed by atoms with Gasteiger partial charge in [-0.1, -0.05) is 24.3 Å². The molecule has 1 aliphatic heterocycles. The van der Waals surface area contributed by atoms with Crippen LogP contribution in [-0.4, -0.2) is 54.3 Å². The molecule has 0 spiro atoms. The van der Waals surface area contributed by atoms with Gasteiger partial charge in [0.2, 0.25) is 0 Å². The molecule has 0 aliphatic carbocycles. The number of ether oxygens (including phenoxy) is 1. The van der Waals surface area contributed by atoms with Crippen LogP contribution >= 0.6 is 0 Å². The zero-order chi connectivity index (χ0) is 18.6. The number of anilines is 1. The fourth-order valence-electron chi connectivity index (χ4n) is 3.69. The summed E-state index contributed by atoms with van der Waals surface area (Å²) >= 11 is 0. The Kier molecular flexibility index (Phi) is 5.07. The van der Waals surface area contributed by atoms with Crippen LogP contribution < -0.4 is 15.2 Å². The highest BCUT2D eigenvalue weighted by Crippen LogP contribution is 2.28. The number of para-hydroxylation sites is 4. The van der Waals surface area contributed by atoms with Crippen LogP contribution in [0.3, 0.4) is 0 Å². The summed E-state index contributed by atoms with van der Waals surface area (Å²) in [6, 6.07) is 16.0. The highest BCUT2D eigenvalue weighted by atomic mass is 16.5. The maximum atomic E-state index is 12.3. The van der Waals surface area contributed by atoms with Crippen LogP contribution in [0.5, 0.6) is 5.75 Å². The molecule has 1 saturated heterocycles. The van der Waals surface area contributed by atoms with Gasteiger partial charge in [0.25, 0.3) is 5.56 Å². The van der Waals surface area contributed by atoms with E-state index in [0.717, 1.165) is 55.2 Å². The summed E-state index contributed by atoms with van der Waals surface area (Å²) in [6.07, 6.45) is 1.42. The van der Waals surface area contributed by atoms with Gasteiger partial charge in [-0.15, -0.1) is 0 Å². The predicted molar refractivity (Wildman–Crippen MR) is 108 cm³/mol. The van der Waals surface area contributed by atoms with Crippen molar-refractivity contribution >= 4 is 16.7 Å². The quantitative estimate of drug-likeness (QED) is 0.695. The summed E-state index contributed by atoms with van der Waals surface area (Å²) in [7, 11) is 1.71. The van der Waals surface area contributed by atoms with E-state index >= 15 is 0 Å². The summed E-state index contributed by atoms with van der Waals surface area (Å²) in [5.41, 5.74) is 2.87. The van der Waals surface area contributed by atoms with E-state index in [0.29, 0.717) is 6.54 Å². The molecule has 0 atom stereocenters. The Balaban J connectivity index is 1.41. The number of aromatic nitrogens is 2. The maximum Gasteiger partial charge on any atom is 0.269 e. The van der Waals surface area contributed by atoms with E-state index in [9.17, 15) is 4.79 Å². The van der Waals surface area contributed by atoms with Crippen molar-refractivity contribution in [3.05, 3.63) is 65.1 Å². The molecule has 0 radical (unpaired) electrons. The van der Waals surface area contributed by atoms with Crippen molar-refractivity contribution in [1.29, 1.82) is 0 Å². The molecule has 6 nitrogen and oxygen atoms in total. The van der Waals surface area contributed by atoms with Crippen LogP contribution in [0.2, 0.25) is 0 Å². The number of hydrogen-bond donors (Lipinski definition) is 0. The van der Waals surface area contributed by atoms with Gasteiger partial charge in [0.15, 0.2) is 0 Å². The Morgan fingerprint density at radius 1 is 0.963 bits per heavy atom. The van der Waals surface area contributed by atoms with Crippen molar-refractivity contribution in [2.75, 3.05) is 44.7 Å². The van der Waals surface area contributed by atoms with Gasteiger partial charge in [0, 0.05) is 39.3 Å². The highest BCUT2D eigenvalue weighted by molar-refractivity contribution is 5.74. The van der Waals surface area contributed by atoms with Crippen molar-refractivity contribution in [3.8, 4) is 5.75 Å². The molecule has 0 N–H and O–H groups in total. The minimum Gasteiger partial charge on any atom is -0.495 e. The molecule has 0 saturated carbocycles. The van der Waals surface area contributed by atoms with Crippen LogP contribution in [0, 0.1) is 0 Å². The fraction of sp³-hybridized carbons (Fsp3) is 0.333. The monoisotopic (exact) mass is 364 g/mol. The maximum absolute atomic E-state index is 12.3. The molecule has 4 rings (SSSR count). The average Bonchev–Trinajstić information content (AvgIpc) is 2.73. The topological polar surface area (TPSA) is 50.6 Å². The third-order valence-electron chi connectivity index (χ3n) is 5.19. The molecule has 3 aromatic rings. The second-order valence-electron chi connectivity index (χ2n) is 6.74. The van der Waals surface area contributed by atoms with Gasteiger partial charge in [-0.3, -0.25) is 9.69 Å². The molecule has 1 fully saturated rings. The molecule has 0 amide bonds. The molecule has 2 aromatic carbocycles. The lowest BCUT2D eigenvalue weighted by atomic mass is 10.2. The second kappa shape index (κ2) is 7.80. The SMILES string of the molecule is COc1ccccc1N1CCN(CCn2c(=O)cnc3ccccc32)CC1. The molecule has 1 aromatic heterocycles. The van der Waals surface area contributed by atoms with Crippen molar-refractivity contribution in [3.63, 3.8) is 0 Å². The molecular weight excluding hydrogens is 340 g/mol. The van der Waals surface area contributed by atoms with E-state index in [1.54, 1.807) is 7.11 Å². The largest absolute Gasteiger partial charge is 0.495 e. The van der Waals surface area contributed by atoms with E-state index in [4.69, 9.17) is 4.74 Å². The Morgan fingerprint density at radius 3 is 2.52 bits per heavy atom. The molecular formula is C21H24N4O2. The predicted octanol–water partition coefficient (Wildman–Crippen LogP) is 2.23. The second-order valence-corrected chi connectivity index (χ2v) is 6.74. The van der Waals surface area contributed by atoms with Crippen molar-refractivity contribution in [1.82, 2.24) is 14.5 Å². The minimum atomic E-state index is -0.0404. The minimum absolute atomic E-state index is 0.0404. The molecule has 6 heteroatoms. The first-order valence-corrected chi connectivity index (χ1v) is 9.31. The lowest BCUT2D eigenvalue weighted by molar-refractivity contribution is 0.247. The third kappa shape index (κ3) is 3.66. The smallest absolute Gasteiger partial charge is 0.269 e. The number of nitrogens with zero attached hydrogens (tertiary/aromatic N) is 4. The number of piperazine rings is 1. The first-order chi connectivity index (χ1) is 13.3. The molecule has 2 heterocycles. The summed E-state index contributed by atoms with van der Waals surface area (Å²) < 4.78 is 7.31. The van der Waals surface area contributed by atoms with Crippen LogP contribution in [0.15, 0.2) is 59.5 Å². The van der Waals surface area contributed by atoms with E-state index in [1.165, 1.54) is 6.20 Å². The lowest BCUT2D eigenvalue weighted by Crippen LogP contribution is -2.47. The Morgan fingerprint density at radius 2 is 1.70 bits per heavy atom. The fourth-order valence-corrected chi connectivity index (χ4v) is 3.69. The van der Waals surface area contributed by atoms with Gasteiger partial charge in [-0.2, -0.15) is 0 Å². The van der Waals surface area contributed by atoms with Crippen molar-refractivity contribution in [2.24, 2.45) is 0 Å². The van der Waals surface area contributed by atoms with E-state index in [1.807, 2.05) is 47.0 Å².